The van der Waals surface area contributed by atoms with Gasteiger partial charge in [0.05, 0.1) is 17.4 Å². The average molecular weight is 447 g/mol. The van der Waals surface area contributed by atoms with E-state index < -0.39 is 18.0 Å². The predicted octanol–water partition coefficient (Wildman–Crippen LogP) is 4.86. The van der Waals surface area contributed by atoms with E-state index in [9.17, 15) is 19.8 Å². The molecule has 0 amide bonds. The molecule has 1 saturated carbocycles. The molecule has 3 atom stereocenters. The summed E-state index contributed by atoms with van der Waals surface area (Å²) in [6.45, 7) is 6.52. The maximum Gasteiger partial charge on any atom is 0.346 e. The number of carbonyl (C=O) groups is 2. The number of rotatable bonds is 6. The molecular weight excluding hydrogens is 412 g/mol. The molecule has 31 heavy (non-hydrogen) atoms. The summed E-state index contributed by atoms with van der Waals surface area (Å²) in [4.78, 5) is 26.6. The van der Waals surface area contributed by atoms with Crippen LogP contribution in [0.2, 0.25) is 0 Å². The summed E-state index contributed by atoms with van der Waals surface area (Å²) in [6.07, 6.45) is 6.00. The van der Waals surface area contributed by atoms with Gasteiger partial charge in [-0.3, -0.25) is 4.79 Å². The van der Waals surface area contributed by atoms with Crippen molar-refractivity contribution in [2.75, 3.05) is 13.2 Å². The maximum absolute atomic E-state index is 13.6. The largest absolute Gasteiger partial charge is 0.477 e. The van der Waals surface area contributed by atoms with Gasteiger partial charge in [-0.05, 0) is 57.1 Å². The molecular formula is C25H34O5S. The van der Waals surface area contributed by atoms with Crippen LogP contribution in [0.3, 0.4) is 0 Å². The van der Waals surface area contributed by atoms with E-state index in [2.05, 4.69) is 11.8 Å². The van der Waals surface area contributed by atoms with Crippen LogP contribution in [-0.2, 0) is 9.53 Å². The Labute approximate surface area is 189 Å². The molecule has 1 unspecified atom stereocenters. The summed E-state index contributed by atoms with van der Waals surface area (Å²) in [5, 5.41) is 19.1. The third kappa shape index (κ3) is 5.97. The molecule has 1 aliphatic carbocycles. The first-order valence-corrected chi connectivity index (χ1v) is 12.2. The van der Waals surface area contributed by atoms with Gasteiger partial charge in [-0.25, -0.2) is 4.79 Å². The quantitative estimate of drug-likeness (QED) is 0.610. The van der Waals surface area contributed by atoms with Crippen molar-refractivity contribution in [2.45, 2.75) is 77.7 Å². The number of hydrogen-bond donors (Lipinski definition) is 2. The molecule has 1 aromatic heterocycles. The number of carboxylic acids is 1. The summed E-state index contributed by atoms with van der Waals surface area (Å²) >= 11 is 1.17. The second-order valence-electron chi connectivity index (χ2n) is 9.83. The minimum absolute atomic E-state index is 0.00528. The highest BCUT2D eigenvalue weighted by molar-refractivity contribution is 7.14. The van der Waals surface area contributed by atoms with Crippen LogP contribution < -0.4 is 0 Å². The molecule has 5 nitrogen and oxygen atoms in total. The van der Waals surface area contributed by atoms with E-state index in [0.717, 1.165) is 25.7 Å². The van der Waals surface area contributed by atoms with Gasteiger partial charge < -0.3 is 14.9 Å². The van der Waals surface area contributed by atoms with Crippen molar-refractivity contribution >= 4 is 23.1 Å². The summed E-state index contributed by atoms with van der Waals surface area (Å²) in [7, 11) is 0. The molecule has 6 heteroatoms. The van der Waals surface area contributed by atoms with Gasteiger partial charge in [-0.2, -0.15) is 0 Å². The number of aliphatic hydroxyl groups is 1. The third-order valence-electron chi connectivity index (χ3n) is 6.27. The summed E-state index contributed by atoms with van der Waals surface area (Å²) in [5.41, 5.74) is 0.413. The summed E-state index contributed by atoms with van der Waals surface area (Å²) in [6, 6.07) is 1.83. The van der Waals surface area contributed by atoms with Gasteiger partial charge in [0.25, 0.3) is 0 Å². The van der Waals surface area contributed by atoms with E-state index in [-0.39, 0.29) is 28.6 Å². The maximum atomic E-state index is 13.6. The van der Waals surface area contributed by atoms with Gasteiger partial charge in [-0.1, -0.05) is 43.9 Å². The van der Waals surface area contributed by atoms with E-state index in [1.165, 1.54) is 17.8 Å². The average Bonchev–Trinajstić information content (AvgIpc) is 3.15. The standard InChI is InChI=1S/C25H34O5S/c1-25(2,3)12-11-17-14-18(23(31-17)24(28)29)21-19(16-8-5-4-6-9-16)15-30-20(22(21)27)10-7-13-26/h14,16,19-21,26H,4-10,13,15H2,1-3H3,(H,28,29)/t19-,20-,21?/m0/s1. The number of Topliss-reactive ketones (excluding diaryl/α,β-unsaturated/α-hetero) is 1. The normalized spacial score (nSPS) is 25.2. The number of carbonyl (C=O) groups excluding carboxylic acids is 1. The van der Waals surface area contributed by atoms with Crippen LogP contribution in [0, 0.1) is 29.1 Å². The molecule has 2 N–H and O–H groups in total. The lowest BCUT2D eigenvalue weighted by atomic mass is 9.68. The van der Waals surface area contributed by atoms with Crippen molar-refractivity contribution in [3.63, 3.8) is 0 Å². The van der Waals surface area contributed by atoms with Crippen LogP contribution in [-0.4, -0.2) is 41.3 Å². The van der Waals surface area contributed by atoms with E-state index >= 15 is 0 Å². The van der Waals surface area contributed by atoms with Crippen molar-refractivity contribution in [3.8, 4) is 11.8 Å². The molecule has 2 heterocycles. The molecule has 0 bridgehead atoms. The highest BCUT2D eigenvalue weighted by Crippen LogP contribution is 2.45. The minimum atomic E-state index is -1.00. The van der Waals surface area contributed by atoms with Crippen LogP contribution in [0.5, 0.6) is 0 Å². The monoisotopic (exact) mass is 446 g/mol. The SMILES string of the molecule is CC(C)(C)C#Cc1cc(C2C(=O)[C@H](CCCO)OC[C@H]2C2CCCCC2)c(C(=O)O)s1. The highest BCUT2D eigenvalue weighted by Gasteiger charge is 2.45. The number of thiophene rings is 1. The second kappa shape index (κ2) is 10.3. The number of aromatic carboxylic acids is 1. The van der Waals surface area contributed by atoms with Gasteiger partial charge in [0, 0.05) is 12.0 Å². The second-order valence-corrected chi connectivity index (χ2v) is 10.9. The third-order valence-corrected chi connectivity index (χ3v) is 7.33. The Kier molecular flexibility index (Phi) is 7.96. The van der Waals surface area contributed by atoms with Crippen molar-refractivity contribution in [1.82, 2.24) is 0 Å². The van der Waals surface area contributed by atoms with Crippen LogP contribution in [0.1, 0.15) is 91.7 Å². The van der Waals surface area contributed by atoms with Gasteiger partial charge in [0.15, 0.2) is 5.78 Å². The molecule has 0 spiro atoms. The first-order chi connectivity index (χ1) is 14.7. The van der Waals surface area contributed by atoms with Crippen LogP contribution in [0.15, 0.2) is 6.07 Å². The number of ketones is 1. The van der Waals surface area contributed by atoms with Crippen molar-refractivity contribution < 1.29 is 24.5 Å². The molecule has 1 aromatic rings. The van der Waals surface area contributed by atoms with E-state index in [0.29, 0.717) is 35.8 Å². The van der Waals surface area contributed by atoms with Crippen LogP contribution >= 0.6 is 11.3 Å². The molecule has 0 radical (unpaired) electrons. The minimum Gasteiger partial charge on any atom is -0.477 e. The molecule has 1 aliphatic heterocycles. The smallest absolute Gasteiger partial charge is 0.346 e. The topological polar surface area (TPSA) is 83.8 Å². The van der Waals surface area contributed by atoms with E-state index in [4.69, 9.17) is 4.74 Å². The Morgan fingerprint density at radius 1 is 1.26 bits per heavy atom. The molecule has 2 aliphatic rings. The predicted molar refractivity (Wildman–Crippen MR) is 121 cm³/mol. The summed E-state index contributed by atoms with van der Waals surface area (Å²) < 4.78 is 5.98. The zero-order chi connectivity index (χ0) is 22.6. The number of ether oxygens (including phenoxy) is 1. The fraction of sp³-hybridized carbons (Fsp3) is 0.680. The van der Waals surface area contributed by atoms with Gasteiger partial charge >= 0.3 is 5.97 Å². The molecule has 0 aromatic carbocycles. The molecule has 170 valence electrons. The Hall–Kier alpha value is -1.68. The Bertz CT molecular complexity index is 847. The Morgan fingerprint density at radius 3 is 2.58 bits per heavy atom. The Morgan fingerprint density at radius 2 is 1.97 bits per heavy atom. The van der Waals surface area contributed by atoms with Crippen LogP contribution in [0.25, 0.3) is 0 Å². The molecule has 2 fully saturated rings. The zero-order valence-electron chi connectivity index (χ0n) is 18.8. The first-order valence-electron chi connectivity index (χ1n) is 11.4. The lowest BCUT2D eigenvalue weighted by Crippen LogP contribution is -2.45. The Balaban J connectivity index is 2.01. The van der Waals surface area contributed by atoms with Gasteiger partial charge in [-0.15, -0.1) is 11.3 Å². The molecule has 1 saturated heterocycles. The van der Waals surface area contributed by atoms with Gasteiger partial charge in [0.1, 0.15) is 11.0 Å². The van der Waals surface area contributed by atoms with E-state index in [1.807, 2.05) is 26.8 Å². The fourth-order valence-corrected chi connectivity index (χ4v) is 5.69. The lowest BCUT2D eigenvalue weighted by Gasteiger charge is -2.40. The van der Waals surface area contributed by atoms with Crippen molar-refractivity contribution in [3.05, 3.63) is 21.4 Å². The van der Waals surface area contributed by atoms with Gasteiger partial charge in [0.2, 0.25) is 0 Å². The number of aliphatic hydroxyl groups excluding tert-OH is 1. The van der Waals surface area contributed by atoms with Crippen molar-refractivity contribution in [1.29, 1.82) is 0 Å². The van der Waals surface area contributed by atoms with E-state index in [1.54, 1.807) is 0 Å². The zero-order valence-corrected chi connectivity index (χ0v) is 19.6. The number of carboxylic acid groups (broad SMARTS) is 1. The molecule has 3 rings (SSSR count). The lowest BCUT2D eigenvalue weighted by molar-refractivity contribution is -0.146. The fourth-order valence-electron chi connectivity index (χ4n) is 4.79. The summed E-state index contributed by atoms with van der Waals surface area (Å²) in [5.74, 6) is 5.14. The van der Waals surface area contributed by atoms with Crippen LogP contribution in [0.4, 0.5) is 0 Å². The van der Waals surface area contributed by atoms with Crippen molar-refractivity contribution in [2.24, 2.45) is 17.3 Å². The highest BCUT2D eigenvalue weighted by atomic mass is 32.1. The number of hydrogen-bond acceptors (Lipinski definition) is 5. The first kappa shape index (κ1) is 24.0.